The normalized spacial score (nSPS) is 10.9. The van der Waals surface area contributed by atoms with Gasteiger partial charge in [-0.05, 0) is 32.4 Å². The maximum atomic E-state index is 13.3. The number of likely N-dealkylation sites (N-methyl/N-ethyl adjacent to an activating group) is 1. The maximum absolute atomic E-state index is 13.3. The van der Waals surface area contributed by atoms with Gasteiger partial charge in [0.15, 0.2) is 11.5 Å². The van der Waals surface area contributed by atoms with Crippen molar-refractivity contribution in [3.8, 4) is 17.0 Å². The first-order valence-electron chi connectivity index (χ1n) is 11.5. The van der Waals surface area contributed by atoms with Crippen LogP contribution in [0.3, 0.4) is 0 Å². The van der Waals surface area contributed by atoms with Gasteiger partial charge in [-0.2, -0.15) is 0 Å². The van der Waals surface area contributed by atoms with Gasteiger partial charge in [0.1, 0.15) is 0 Å². The second-order valence-electron chi connectivity index (χ2n) is 7.61. The molecule has 10 heteroatoms. The zero-order valence-corrected chi connectivity index (χ0v) is 20.2. The van der Waals surface area contributed by atoms with Gasteiger partial charge in [-0.1, -0.05) is 6.92 Å². The van der Waals surface area contributed by atoms with Crippen LogP contribution in [0.2, 0.25) is 0 Å². The molecule has 3 aromatic heterocycles. The van der Waals surface area contributed by atoms with Gasteiger partial charge in [-0.25, -0.2) is 15.0 Å². The van der Waals surface area contributed by atoms with E-state index in [1.807, 2.05) is 32.9 Å². The fraction of sp³-hybridized carbons (Fsp3) is 0.458. The number of aromatic nitrogens is 4. The Balaban J connectivity index is 1.98. The van der Waals surface area contributed by atoms with Crippen molar-refractivity contribution in [3.63, 3.8) is 0 Å². The number of hydrogen-bond acceptors (Lipinski definition) is 8. The molecule has 0 radical (unpaired) electrons. The van der Waals surface area contributed by atoms with Crippen molar-refractivity contribution in [2.24, 2.45) is 0 Å². The van der Waals surface area contributed by atoms with Crippen LogP contribution >= 0.6 is 0 Å². The molecule has 0 saturated heterocycles. The maximum Gasteiger partial charge on any atom is 0.293 e. The van der Waals surface area contributed by atoms with E-state index in [9.17, 15) is 9.59 Å². The molecule has 1 N–H and O–H groups in total. The molecule has 3 rings (SSSR count). The Hall–Kier alpha value is -3.53. The lowest BCUT2D eigenvalue weighted by Crippen LogP contribution is -2.37. The van der Waals surface area contributed by atoms with Gasteiger partial charge in [0.2, 0.25) is 11.8 Å². The first-order chi connectivity index (χ1) is 16.5. The zero-order valence-electron chi connectivity index (χ0n) is 20.2. The van der Waals surface area contributed by atoms with Gasteiger partial charge in [0.05, 0.1) is 25.8 Å². The summed E-state index contributed by atoms with van der Waals surface area (Å²) in [5.74, 6) is 0.508. The molecule has 1 amide bonds. The Morgan fingerprint density at radius 2 is 1.85 bits per heavy atom. The predicted molar refractivity (Wildman–Crippen MR) is 131 cm³/mol. The Labute approximate surface area is 198 Å². The topological polar surface area (TPSA) is 111 Å². The number of nitrogens with one attached hydrogen (secondary N) is 1. The first kappa shape index (κ1) is 25.1. The van der Waals surface area contributed by atoms with Crippen LogP contribution in [0, 0.1) is 0 Å². The second-order valence-corrected chi connectivity index (χ2v) is 7.61. The minimum Gasteiger partial charge on any atom is -0.481 e. The summed E-state index contributed by atoms with van der Waals surface area (Å²) >= 11 is 0. The number of anilines is 1. The number of pyridine rings is 2. The highest BCUT2D eigenvalue weighted by atomic mass is 16.5. The standard InChI is InChI=1S/C24H32N6O4/c1-5-11-34-12-10-30-19-13-18(17-8-9-20(33-4)25-14-17)15-26-22(19)28-23(24(30)32)27-16-21(31)29(6-2)7-3/h8-9,13-15H,5-7,10-12,16H2,1-4H3,(H,26,27,28). The van der Waals surface area contributed by atoms with E-state index in [-0.39, 0.29) is 23.8 Å². The van der Waals surface area contributed by atoms with E-state index >= 15 is 0 Å². The monoisotopic (exact) mass is 468 g/mol. The lowest BCUT2D eigenvalue weighted by molar-refractivity contribution is -0.128. The minimum atomic E-state index is -0.327. The van der Waals surface area contributed by atoms with Crippen LogP contribution in [-0.2, 0) is 16.1 Å². The van der Waals surface area contributed by atoms with E-state index < -0.39 is 0 Å². The molecule has 0 aliphatic rings. The summed E-state index contributed by atoms with van der Waals surface area (Å²) < 4.78 is 12.3. The number of carbonyl (C=O) groups is 1. The molecule has 0 aliphatic heterocycles. The third-order valence-electron chi connectivity index (χ3n) is 5.41. The summed E-state index contributed by atoms with van der Waals surface area (Å²) in [6.45, 7) is 8.37. The Bertz CT molecular complexity index is 1160. The Kier molecular flexibility index (Phi) is 8.92. The number of amides is 1. The molecule has 0 spiro atoms. The summed E-state index contributed by atoms with van der Waals surface area (Å²) in [6, 6.07) is 5.51. The minimum absolute atomic E-state index is 0.0165. The van der Waals surface area contributed by atoms with Gasteiger partial charge in [-0.3, -0.25) is 14.2 Å². The van der Waals surface area contributed by atoms with Crippen LogP contribution in [0.1, 0.15) is 27.2 Å². The molecule has 182 valence electrons. The lowest BCUT2D eigenvalue weighted by Gasteiger charge is -2.19. The first-order valence-corrected chi connectivity index (χ1v) is 11.5. The molecular weight excluding hydrogens is 436 g/mol. The van der Waals surface area contributed by atoms with Crippen molar-refractivity contribution in [1.29, 1.82) is 0 Å². The smallest absolute Gasteiger partial charge is 0.293 e. The molecule has 0 saturated carbocycles. The summed E-state index contributed by atoms with van der Waals surface area (Å²) in [5.41, 5.74) is 2.29. The van der Waals surface area contributed by atoms with E-state index in [0.717, 1.165) is 17.5 Å². The average molecular weight is 469 g/mol. The number of rotatable bonds is 12. The van der Waals surface area contributed by atoms with Gasteiger partial charge in [0, 0.05) is 55.8 Å². The molecule has 3 aromatic rings. The molecule has 0 atom stereocenters. The molecule has 3 heterocycles. The van der Waals surface area contributed by atoms with E-state index in [2.05, 4.69) is 20.3 Å². The Morgan fingerprint density at radius 3 is 2.50 bits per heavy atom. The highest BCUT2D eigenvalue weighted by Gasteiger charge is 2.16. The van der Waals surface area contributed by atoms with Crippen molar-refractivity contribution >= 4 is 22.9 Å². The molecule has 0 aromatic carbocycles. The zero-order chi connectivity index (χ0) is 24.5. The molecular formula is C24H32N6O4. The van der Waals surface area contributed by atoms with E-state index in [1.165, 1.54) is 0 Å². The number of hydrogen-bond donors (Lipinski definition) is 1. The number of carbonyl (C=O) groups excluding carboxylic acids is 1. The van der Waals surface area contributed by atoms with Crippen LogP contribution < -0.4 is 15.6 Å². The van der Waals surface area contributed by atoms with Gasteiger partial charge in [0.25, 0.3) is 5.56 Å². The summed E-state index contributed by atoms with van der Waals surface area (Å²) in [4.78, 5) is 40.6. The van der Waals surface area contributed by atoms with Crippen LogP contribution in [0.5, 0.6) is 5.88 Å². The summed E-state index contributed by atoms with van der Waals surface area (Å²) in [5, 5.41) is 2.91. The number of fused-ring (bicyclic) bond motifs is 1. The molecule has 0 unspecified atom stereocenters. The van der Waals surface area contributed by atoms with Crippen LogP contribution in [0.25, 0.3) is 22.3 Å². The van der Waals surface area contributed by atoms with Crippen molar-refractivity contribution in [3.05, 3.63) is 40.9 Å². The van der Waals surface area contributed by atoms with Crippen molar-refractivity contribution < 1.29 is 14.3 Å². The van der Waals surface area contributed by atoms with Crippen molar-refractivity contribution in [2.45, 2.75) is 33.7 Å². The fourth-order valence-electron chi connectivity index (χ4n) is 3.54. The third kappa shape index (κ3) is 5.88. The second kappa shape index (κ2) is 12.1. The molecule has 0 fully saturated rings. The number of nitrogens with zero attached hydrogens (tertiary/aromatic N) is 5. The molecule has 34 heavy (non-hydrogen) atoms. The lowest BCUT2D eigenvalue weighted by atomic mass is 10.1. The third-order valence-corrected chi connectivity index (χ3v) is 5.41. The highest BCUT2D eigenvalue weighted by molar-refractivity contribution is 5.82. The summed E-state index contributed by atoms with van der Waals surface area (Å²) in [6.07, 6.45) is 4.27. The van der Waals surface area contributed by atoms with Crippen LogP contribution in [-0.4, -0.2) is 70.3 Å². The Morgan fingerprint density at radius 1 is 1.09 bits per heavy atom. The van der Waals surface area contributed by atoms with Crippen LogP contribution in [0.4, 0.5) is 5.82 Å². The average Bonchev–Trinajstić information content (AvgIpc) is 2.87. The molecule has 10 nitrogen and oxygen atoms in total. The van der Waals surface area contributed by atoms with Crippen molar-refractivity contribution in [1.82, 2.24) is 24.4 Å². The number of methoxy groups -OCH3 is 1. The highest BCUT2D eigenvalue weighted by Crippen LogP contribution is 2.23. The SMILES string of the molecule is CCCOCCn1c(=O)c(NCC(=O)N(CC)CC)nc2ncc(-c3ccc(OC)nc3)cc21. The summed E-state index contributed by atoms with van der Waals surface area (Å²) in [7, 11) is 1.56. The predicted octanol–water partition coefficient (Wildman–Crippen LogP) is 2.57. The van der Waals surface area contributed by atoms with E-state index in [4.69, 9.17) is 9.47 Å². The largest absolute Gasteiger partial charge is 0.481 e. The molecule has 0 bridgehead atoms. The van der Waals surface area contributed by atoms with E-state index in [0.29, 0.717) is 49.9 Å². The van der Waals surface area contributed by atoms with E-state index in [1.54, 1.807) is 35.0 Å². The van der Waals surface area contributed by atoms with Gasteiger partial charge in [-0.15, -0.1) is 0 Å². The van der Waals surface area contributed by atoms with Gasteiger partial charge >= 0.3 is 0 Å². The molecule has 0 aliphatic carbocycles. The van der Waals surface area contributed by atoms with Crippen LogP contribution in [0.15, 0.2) is 35.4 Å². The van der Waals surface area contributed by atoms with Crippen molar-refractivity contribution in [2.75, 3.05) is 45.3 Å². The van der Waals surface area contributed by atoms with Gasteiger partial charge < -0.3 is 19.7 Å². The quantitative estimate of drug-likeness (QED) is 0.404. The fourth-order valence-corrected chi connectivity index (χ4v) is 3.54. The number of ether oxygens (including phenoxy) is 2.